The van der Waals surface area contributed by atoms with Gasteiger partial charge in [0.1, 0.15) is 11.0 Å². The highest BCUT2D eigenvalue weighted by Gasteiger charge is 2.15. The van der Waals surface area contributed by atoms with Crippen molar-refractivity contribution in [1.82, 2.24) is 18.9 Å². The number of hydrogen-bond acceptors (Lipinski definition) is 4. The molecule has 2 heterocycles. The summed E-state index contributed by atoms with van der Waals surface area (Å²) in [5, 5.41) is 10.8. The van der Waals surface area contributed by atoms with E-state index in [9.17, 15) is 9.00 Å². The largest absolute Gasteiger partial charge is 0.290 e. The van der Waals surface area contributed by atoms with Crippen LogP contribution < -0.4 is 5.32 Å². The van der Waals surface area contributed by atoms with E-state index in [0.29, 0.717) is 35.1 Å². The Morgan fingerprint density at radius 1 is 1.12 bits per heavy atom. The topological polar surface area (TPSA) is 79.6 Å². The number of amides is 1. The van der Waals surface area contributed by atoms with Gasteiger partial charge in [-0.25, -0.2) is 8.51 Å². The molecule has 1 atom stereocenters. The summed E-state index contributed by atoms with van der Waals surface area (Å²) in [6.45, 7) is 5.29. The summed E-state index contributed by atoms with van der Waals surface area (Å²) in [6.07, 6.45) is 1.70. The molecule has 0 radical (unpaired) electrons. The standard InChI is InChI=1S/C17H19N5O2S/c1-3-21(4-2)25(24)14-10-11-15-19-20-17(22(15)12-14)18-16(23)13-8-6-5-7-9-13/h5-12H,3-4H2,1-2H3,(H,18,20,23). The van der Waals surface area contributed by atoms with E-state index in [1.807, 2.05) is 24.2 Å². The highest BCUT2D eigenvalue weighted by molar-refractivity contribution is 7.82. The quantitative estimate of drug-likeness (QED) is 0.734. The van der Waals surface area contributed by atoms with Crippen LogP contribution in [-0.4, -0.2) is 42.1 Å². The van der Waals surface area contributed by atoms with Crippen LogP contribution in [0.25, 0.3) is 5.65 Å². The lowest BCUT2D eigenvalue weighted by atomic mass is 10.2. The fourth-order valence-electron chi connectivity index (χ4n) is 2.43. The fourth-order valence-corrected chi connectivity index (χ4v) is 3.58. The molecule has 0 saturated heterocycles. The summed E-state index contributed by atoms with van der Waals surface area (Å²) in [5.74, 6) is 0.0208. The van der Waals surface area contributed by atoms with Gasteiger partial charge in [-0.3, -0.25) is 14.5 Å². The van der Waals surface area contributed by atoms with Crippen molar-refractivity contribution >= 4 is 28.5 Å². The van der Waals surface area contributed by atoms with Crippen molar-refractivity contribution in [2.24, 2.45) is 0 Å². The molecule has 0 bridgehead atoms. The number of nitrogens with one attached hydrogen (secondary N) is 1. The van der Waals surface area contributed by atoms with E-state index in [0.717, 1.165) is 0 Å². The molecule has 7 nitrogen and oxygen atoms in total. The van der Waals surface area contributed by atoms with Gasteiger partial charge >= 0.3 is 0 Å². The molecule has 2 aromatic heterocycles. The van der Waals surface area contributed by atoms with E-state index >= 15 is 0 Å². The number of anilines is 1. The Hall–Kier alpha value is -2.58. The first-order valence-electron chi connectivity index (χ1n) is 8.02. The first-order valence-corrected chi connectivity index (χ1v) is 9.12. The molecule has 130 valence electrons. The lowest BCUT2D eigenvalue weighted by molar-refractivity contribution is 0.102. The minimum Gasteiger partial charge on any atom is -0.290 e. The lowest BCUT2D eigenvalue weighted by Crippen LogP contribution is -2.25. The molecular formula is C17H19N5O2S. The van der Waals surface area contributed by atoms with Gasteiger partial charge in [-0.15, -0.1) is 10.2 Å². The van der Waals surface area contributed by atoms with Gasteiger partial charge in [0.05, 0.1) is 4.90 Å². The van der Waals surface area contributed by atoms with Gasteiger partial charge in [0.25, 0.3) is 5.91 Å². The second-order valence-corrected chi connectivity index (χ2v) is 6.79. The third-order valence-electron chi connectivity index (χ3n) is 3.78. The van der Waals surface area contributed by atoms with E-state index in [2.05, 4.69) is 15.5 Å². The van der Waals surface area contributed by atoms with E-state index in [1.165, 1.54) is 0 Å². The van der Waals surface area contributed by atoms with Crippen molar-refractivity contribution in [1.29, 1.82) is 0 Å². The van der Waals surface area contributed by atoms with Crippen molar-refractivity contribution in [2.45, 2.75) is 18.7 Å². The van der Waals surface area contributed by atoms with Crippen molar-refractivity contribution in [3.05, 3.63) is 54.2 Å². The molecule has 8 heteroatoms. The van der Waals surface area contributed by atoms with Gasteiger partial charge in [0.15, 0.2) is 5.65 Å². The smallest absolute Gasteiger partial charge is 0.258 e. The van der Waals surface area contributed by atoms with Crippen LogP contribution in [0.2, 0.25) is 0 Å². The molecule has 0 spiro atoms. The average Bonchev–Trinajstić information content (AvgIpc) is 3.05. The van der Waals surface area contributed by atoms with Gasteiger partial charge in [0, 0.05) is 24.8 Å². The Balaban J connectivity index is 1.91. The maximum absolute atomic E-state index is 12.6. The lowest BCUT2D eigenvalue weighted by Gasteiger charge is -2.16. The normalized spacial score (nSPS) is 12.4. The number of rotatable bonds is 6. The van der Waals surface area contributed by atoms with Gasteiger partial charge in [-0.2, -0.15) is 0 Å². The molecule has 1 amide bonds. The third-order valence-corrected chi connectivity index (χ3v) is 5.41. The number of benzene rings is 1. The first kappa shape index (κ1) is 17.2. The highest BCUT2D eigenvalue weighted by Crippen LogP contribution is 2.16. The number of aromatic nitrogens is 3. The summed E-state index contributed by atoms with van der Waals surface area (Å²) in [7, 11) is -1.27. The van der Waals surface area contributed by atoms with Crippen LogP contribution in [0.1, 0.15) is 24.2 Å². The zero-order valence-corrected chi connectivity index (χ0v) is 14.9. The van der Waals surface area contributed by atoms with Gasteiger partial charge < -0.3 is 0 Å². The van der Waals surface area contributed by atoms with Crippen LogP contribution in [0, 0.1) is 0 Å². The second-order valence-electron chi connectivity index (χ2n) is 5.30. The Bertz CT molecular complexity index is 906. The highest BCUT2D eigenvalue weighted by atomic mass is 32.2. The average molecular weight is 357 g/mol. The second kappa shape index (κ2) is 7.54. The van der Waals surface area contributed by atoms with Crippen molar-refractivity contribution in [3.8, 4) is 0 Å². The molecule has 25 heavy (non-hydrogen) atoms. The Morgan fingerprint density at radius 2 is 1.84 bits per heavy atom. The van der Waals surface area contributed by atoms with Gasteiger partial charge in [-0.05, 0) is 24.3 Å². The van der Waals surface area contributed by atoms with E-state index in [1.54, 1.807) is 47.0 Å². The van der Waals surface area contributed by atoms with Gasteiger partial charge in [-0.1, -0.05) is 32.0 Å². The fraction of sp³-hybridized carbons (Fsp3) is 0.235. The maximum Gasteiger partial charge on any atom is 0.258 e. The predicted molar refractivity (Wildman–Crippen MR) is 96.7 cm³/mol. The minimum atomic E-state index is -1.27. The SMILES string of the molecule is CCN(CC)S(=O)c1ccc2nnc(NC(=O)c3ccccc3)n2c1. The molecular weight excluding hydrogens is 338 g/mol. The molecule has 0 fully saturated rings. The third kappa shape index (κ3) is 3.59. The molecule has 1 N–H and O–H groups in total. The Morgan fingerprint density at radius 3 is 2.52 bits per heavy atom. The van der Waals surface area contributed by atoms with Crippen LogP contribution in [0.15, 0.2) is 53.6 Å². The minimum absolute atomic E-state index is 0.273. The number of nitrogens with zero attached hydrogens (tertiary/aromatic N) is 4. The Kier molecular flexibility index (Phi) is 5.20. The molecule has 0 aliphatic rings. The van der Waals surface area contributed by atoms with Crippen molar-refractivity contribution < 1.29 is 9.00 Å². The summed E-state index contributed by atoms with van der Waals surface area (Å²) in [5.41, 5.74) is 1.10. The van der Waals surface area contributed by atoms with E-state index in [4.69, 9.17) is 0 Å². The molecule has 0 aliphatic carbocycles. The summed E-state index contributed by atoms with van der Waals surface area (Å²) >= 11 is 0. The van der Waals surface area contributed by atoms with Crippen LogP contribution in [0.4, 0.5) is 5.95 Å². The summed E-state index contributed by atoms with van der Waals surface area (Å²) < 4.78 is 16.1. The van der Waals surface area contributed by atoms with Gasteiger partial charge in [0.2, 0.25) is 5.95 Å². The molecule has 1 unspecified atom stereocenters. The van der Waals surface area contributed by atoms with Crippen molar-refractivity contribution in [3.63, 3.8) is 0 Å². The first-order chi connectivity index (χ1) is 12.1. The zero-order chi connectivity index (χ0) is 17.8. The summed E-state index contributed by atoms with van der Waals surface area (Å²) in [6, 6.07) is 12.4. The van der Waals surface area contributed by atoms with Crippen LogP contribution >= 0.6 is 0 Å². The predicted octanol–water partition coefficient (Wildman–Crippen LogP) is 2.35. The van der Waals surface area contributed by atoms with E-state index in [-0.39, 0.29) is 5.91 Å². The number of hydrogen-bond donors (Lipinski definition) is 1. The molecule has 0 saturated carbocycles. The van der Waals surface area contributed by atoms with Crippen LogP contribution in [0.5, 0.6) is 0 Å². The van der Waals surface area contributed by atoms with Crippen LogP contribution in [0.3, 0.4) is 0 Å². The summed E-state index contributed by atoms with van der Waals surface area (Å²) in [4.78, 5) is 12.9. The number of pyridine rings is 1. The number of fused-ring (bicyclic) bond motifs is 1. The molecule has 3 aromatic rings. The molecule has 0 aliphatic heterocycles. The van der Waals surface area contributed by atoms with Crippen molar-refractivity contribution in [2.75, 3.05) is 18.4 Å². The molecule has 1 aromatic carbocycles. The number of carbonyl (C=O) groups excluding carboxylic acids is 1. The monoisotopic (exact) mass is 357 g/mol. The number of carbonyl (C=O) groups is 1. The Labute approximate surface area is 148 Å². The molecule has 3 rings (SSSR count). The zero-order valence-electron chi connectivity index (χ0n) is 14.0. The van der Waals surface area contributed by atoms with Crippen LogP contribution in [-0.2, 0) is 11.0 Å². The maximum atomic E-state index is 12.6. The van der Waals surface area contributed by atoms with E-state index < -0.39 is 11.0 Å².